The van der Waals surface area contributed by atoms with Gasteiger partial charge in [0.15, 0.2) is 0 Å². The van der Waals surface area contributed by atoms with Crippen molar-refractivity contribution in [3.8, 4) is 39.3 Å². The summed E-state index contributed by atoms with van der Waals surface area (Å²) in [7, 11) is 0. The number of hydrogen-bond donors (Lipinski definition) is 0. The highest BCUT2D eigenvalue weighted by Crippen LogP contribution is 2.47. The second kappa shape index (κ2) is 12.1. The van der Waals surface area contributed by atoms with Crippen LogP contribution in [0.5, 0.6) is 0 Å². The Morgan fingerprint density at radius 3 is 1.82 bits per heavy atom. The van der Waals surface area contributed by atoms with Crippen molar-refractivity contribution in [3.05, 3.63) is 144 Å². The molecule has 0 bridgehead atoms. The van der Waals surface area contributed by atoms with E-state index >= 15 is 0 Å². The summed E-state index contributed by atoms with van der Waals surface area (Å²) in [5.74, 6) is 0.935. The standard InChI is InChI=1S/C44H35F3N2O/c1-26(2)35-24-30(28-14-7-5-8-15-28)25-36(27(3)4)40(35)49-38-21-12-11-20-37(38)48-43(49)34-19-13-18-32-33-23-22-31(29-16-9-6-10-17-29)39(44(45,46)47)42(33)50-41(32)34/h5-27H,1-4H3. The molecule has 3 nitrogen and oxygen atoms in total. The molecule has 0 saturated heterocycles. The molecule has 2 aromatic heterocycles. The SMILES string of the molecule is CC(C)c1cc(-c2ccccc2)cc(C(C)C)c1-n1c(-c2cccc3c2oc2c(C(F)(F)F)c(-c4ccccc4)ccc23)nc2ccccc21. The van der Waals surface area contributed by atoms with Gasteiger partial charge in [0.1, 0.15) is 22.6 Å². The Morgan fingerprint density at radius 2 is 1.18 bits per heavy atom. The van der Waals surface area contributed by atoms with E-state index in [1.165, 1.54) is 0 Å². The second-order valence-corrected chi connectivity index (χ2v) is 13.5. The number of nitrogens with zero attached hydrogens (tertiary/aromatic N) is 2. The molecule has 0 amide bonds. The lowest BCUT2D eigenvalue weighted by Crippen LogP contribution is -2.09. The van der Waals surface area contributed by atoms with Crippen molar-refractivity contribution < 1.29 is 17.6 Å². The summed E-state index contributed by atoms with van der Waals surface area (Å²) in [4.78, 5) is 5.18. The van der Waals surface area contributed by atoms with Gasteiger partial charge in [-0.25, -0.2) is 4.98 Å². The highest BCUT2D eigenvalue weighted by atomic mass is 19.4. The molecule has 0 aliphatic carbocycles. The van der Waals surface area contributed by atoms with E-state index in [-0.39, 0.29) is 23.0 Å². The zero-order valence-corrected chi connectivity index (χ0v) is 28.2. The van der Waals surface area contributed by atoms with Crippen molar-refractivity contribution in [2.24, 2.45) is 0 Å². The predicted octanol–water partition coefficient (Wildman–Crippen LogP) is 13.2. The molecule has 50 heavy (non-hydrogen) atoms. The van der Waals surface area contributed by atoms with Crippen LogP contribution in [0.25, 0.3) is 72.3 Å². The molecule has 6 heteroatoms. The third-order valence-electron chi connectivity index (χ3n) is 9.58. The number of imidazole rings is 1. The maximum atomic E-state index is 15.0. The fourth-order valence-electron chi connectivity index (χ4n) is 7.23. The quantitative estimate of drug-likeness (QED) is 0.177. The summed E-state index contributed by atoms with van der Waals surface area (Å²) in [6, 6.07) is 40.4. The van der Waals surface area contributed by atoms with Crippen LogP contribution in [0.1, 0.15) is 56.2 Å². The lowest BCUT2D eigenvalue weighted by atomic mass is 9.88. The molecule has 0 aliphatic rings. The van der Waals surface area contributed by atoms with Crippen LogP contribution in [0.2, 0.25) is 0 Å². The van der Waals surface area contributed by atoms with Crippen LogP contribution in [-0.2, 0) is 6.18 Å². The molecule has 0 aliphatic heterocycles. The van der Waals surface area contributed by atoms with Gasteiger partial charge < -0.3 is 4.42 Å². The third kappa shape index (κ3) is 5.18. The van der Waals surface area contributed by atoms with Crippen LogP contribution < -0.4 is 0 Å². The highest BCUT2D eigenvalue weighted by Gasteiger charge is 2.38. The zero-order valence-electron chi connectivity index (χ0n) is 28.2. The number of halogens is 3. The van der Waals surface area contributed by atoms with Crippen molar-refractivity contribution >= 4 is 33.0 Å². The van der Waals surface area contributed by atoms with E-state index in [1.54, 1.807) is 42.5 Å². The maximum absolute atomic E-state index is 15.0. The van der Waals surface area contributed by atoms with Gasteiger partial charge in [0.25, 0.3) is 0 Å². The third-order valence-corrected chi connectivity index (χ3v) is 9.58. The van der Waals surface area contributed by atoms with E-state index < -0.39 is 11.7 Å². The van der Waals surface area contributed by atoms with Gasteiger partial charge in [0, 0.05) is 10.8 Å². The number of para-hydroxylation sites is 3. The Bertz CT molecular complexity index is 2490. The van der Waals surface area contributed by atoms with Gasteiger partial charge in [0.2, 0.25) is 0 Å². The molecule has 8 rings (SSSR count). The minimum Gasteiger partial charge on any atom is -0.455 e. The number of benzene rings is 6. The van der Waals surface area contributed by atoms with E-state index in [4.69, 9.17) is 9.40 Å². The van der Waals surface area contributed by atoms with Crippen LogP contribution in [0.4, 0.5) is 13.2 Å². The molecular weight excluding hydrogens is 629 g/mol. The van der Waals surface area contributed by atoms with Gasteiger partial charge in [-0.05, 0) is 81.6 Å². The molecule has 248 valence electrons. The first-order valence-corrected chi connectivity index (χ1v) is 16.9. The van der Waals surface area contributed by atoms with E-state index in [9.17, 15) is 13.2 Å². The van der Waals surface area contributed by atoms with Crippen LogP contribution in [0, 0.1) is 0 Å². The Labute approximate surface area is 288 Å². The minimum absolute atomic E-state index is 0.0834. The Morgan fingerprint density at radius 1 is 0.580 bits per heavy atom. The summed E-state index contributed by atoms with van der Waals surface area (Å²) < 4.78 is 53.5. The van der Waals surface area contributed by atoms with E-state index in [2.05, 4.69) is 74.7 Å². The van der Waals surface area contributed by atoms with Crippen LogP contribution in [-0.4, -0.2) is 9.55 Å². The molecule has 2 heterocycles. The average molecular weight is 665 g/mol. The topological polar surface area (TPSA) is 31.0 Å². The monoisotopic (exact) mass is 664 g/mol. The van der Waals surface area contributed by atoms with E-state index in [0.29, 0.717) is 33.3 Å². The number of aromatic nitrogens is 2. The Kier molecular flexibility index (Phi) is 7.63. The van der Waals surface area contributed by atoms with Gasteiger partial charge in [-0.2, -0.15) is 13.2 Å². The molecule has 8 aromatic rings. The zero-order chi connectivity index (χ0) is 34.7. The summed E-state index contributed by atoms with van der Waals surface area (Å²) in [5.41, 5.74) is 7.92. The summed E-state index contributed by atoms with van der Waals surface area (Å²) in [6.07, 6.45) is -4.65. The minimum atomic E-state index is -4.65. The first-order chi connectivity index (χ1) is 24.1. The van der Waals surface area contributed by atoms with Gasteiger partial charge in [0.05, 0.1) is 22.3 Å². The fraction of sp³-hybridized carbons (Fsp3) is 0.159. The van der Waals surface area contributed by atoms with Gasteiger partial charge in [-0.15, -0.1) is 0 Å². The normalized spacial score (nSPS) is 12.3. The number of alkyl halides is 3. The largest absolute Gasteiger partial charge is 0.455 e. The van der Waals surface area contributed by atoms with E-state index in [0.717, 1.165) is 39.0 Å². The number of furan rings is 1. The van der Waals surface area contributed by atoms with Gasteiger partial charge in [-0.1, -0.05) is 119 Å². The number of fused-ring (bicyclic) bond motifs is 4. The first-order valence-electron chi connectivity index (χ1n) is 16.9. The number of rotatable bonds is 6. The molecule has 6 aromatic carbocycles. The highest BCUT2D eigenvalue weighted by molar-refractivity contribution is 6.11. The van der Waals surface area contributed by atoms with Crippen LogP contribution >= 0.6 is 0 Å². The summed E-state index contributed by atoms with van der Waals surface area (Å²) in [6.45, 7) is 8.78. The van der Waals surface area contributed by atoms with Crippen molar-refractivity contribution in [2.45, 2.75) is 45.7 Å². The van der Waals surface area contributed by atoms with Crippen molar-refractivity contribution in [2.75, 3.05) is 0 Å². The van der Waals surface area contributed by atoms with Crippen molar-refractivity contribution in [1.29, 1.82) is 0 Å². The summed E-state index contributed by atoms with van der Waals surface area (Å²) >= 11 is 0. The average Bonchev–Trinajstić information content (AvgIpc) is 3.69. The van der Waals surface area contributed by atoms with Crippen LogP contribution in [0.15, 0.2) is 132 Å². The predicted molar refractivity (Wildman–Crippen MR) is 198 cm³/mol. The maximum Gasteiger partial charge on any atom is 0.420 e. The van der Waals surface area contributed by atoms with Gasteiger partial charge >= 0.3 is 6.18 Å². The lowest BCUT2D eigenvalue weighted by molar-refractivity contribution is -0.136. The number of hydrogen-bond acceptors (Lipinski definition) is 2. The lowest BCUT2D eigenvalue weighted by Gasteiger charge is -2.24. The molecule has 0 atom stereocenters. The van der Waals surface area contributed by atoms with E-state index in [1.807, 2.05) is 42.5 Å². The molecule has 0 radical (unpaired) electrons. The van der Waals surface area contributed by atoms with Crippen molar-refractivity contribution in [1.82, 2.24) is 9.55 Å². The second-order valence-electron chi connectivity index (χ2n) is 13.5. The fourth-order valence-corrected chi connectivity index (χ4v) is 7.23. The Hall–Kier alpha value is -5.62. The summed E-state index contributed by atoms with van der Waals surface area (Å²) in [5, 5.41) is 1.02. The molecule has 0 spiro atoms. The first kappa shape index (κ1) is 31.6. The molecule has 0 N–H and O–H groups in total. The van der Waals surface area contributed by atoms with Crippen molar-refractivity contribution in [3.63, 3.8) is 0 Å². The molecule has 0 unspecified atom stereocenters. The molecule has 0 saturated carbocycles. The molecular formula is C44H35F3N2O. The molecule has 0 fully saturated rings. The van der Waals surface area contributed by atoms with Crippen LogP contribution in [0.3, 0.4) is 0 Å². The van der Waals surface area contributed by atoms with Gasteiger partial charge in [-0.3, -0.25) is 4.57 Å². The Balaban J connectivity index is 1.45. The smallest absolute Gasteiger partial charge is 0.420 e.